The molecule has 1 unspecified atom stereocenters. The van der Waals surface area contributed by atoms with E-state index in [-0.39, 0.29) is 11.9 Å². The van der Waals surface area contributed by atoms with Gasteiger partial charge in [0.1, 0.15) is 0 Å². The van der Waals surface area contributed by atoms with Gasteiger partial charge in [-0.2, -0.15) is 11.8 Å². The molecule has 4 heteroatoms. The molecule has 2 rings (SSSR count). The molecule has 2 saturated heterocycles. The third-order valence-corrected chi connectivity index (χ3v) is 4.80. The Kier molecular flexibility index (Phi) is 4.97. The molecule has 0 aromatic heterocycles. The number of carbonyl (C=O) groups is 1. The Hall–Kier alpha value is -0.220. The highest BCUT2D eigenvalue weighted by molar-refractivity contribution is 7.99. The number of thioether (sulfide) groups is 1. The van der Waals surface area contributed by atoms with Gasteiger partial charge in [-0.25, -0.2) is 0 Å². The molecule has 2 atom stereocenters. The van der Waals surface area contributed by atoms with Crippen LogP contribution in [0.1, 0.15) is 38.5 Å². The Morgan fingerprint density at radius 1 is 1.25 bits per heavy atom. The van der Waals surface area contributed by atoms with Crippen LogP contribution in [0.15, 0.2) is 0 Å². The van der Waals surface area contributed by atoms with Crippen molar-refractivity contribution in [3.8, 4) is 0 Å². The summed E-state index contributed by atoms with van der Waals surface area (Å²) in [5, 5.41) is 7.04. The summed E-state index contributed by atoms with van der Waals surface area (Å²) in [5.74, 6) is 1.48. The fourth-order valence-corrected chi connectivity index (χ4v) is 3.62. The summed E-state index contributed by atoms with van der Waals surface area (Å²) in [6.07, 6.45) is 7.34. The lowest BCUT2D eigenvalue weighted by atomic mass is 10.0. The molecule has 2 heterocycles. The van der Waals surface area contributed by atoms with Gasteiger partial charge in [0.2, 0.25) is 5.91 Å². The zero-order valence-corrected chi connectivity index (χ0v) is 10.7. The summed E-state index contributed by atoms with van der Waals surface area (Å²) in [6.45, 7) is 1.86. The smallest absolute Gasteiger partial charge is 0.237 e. The van der Waals surface area contributed by atoms with Gasteiger partial charge in [0.05, 0.1) is 6.04 Å². The summed E-state index contributed by atoms with van der Waals surface area (Å²) >= 11 is 2.02. The van der Waals surface area contributed by atoms with Gasteiger partial charge >= 0.3 is 0 Å². The fraction of sp³-hybridized carbons (Fsp3) is 0.917. The summed E-state index contributed by atoms with van der Waals surface area (Å²) in [4.78, 5) is 11.9. The van der Waals surface area contributed by atoms with Crippen LogP contribution in [0, 0.1) is 0 Å². The molecule has 92 valence electrons. The number of hydrogen-bond acceptors (Lipinski definition) is 3. The lowest BCUT2D eigenvalue weighted by Crippen LogP contribution is -2.48. The standard InChI is InChI=1S/C12H22N2OS/c15-12(11-6-1-3-7-13-11)14-9-10-5-2-4-8-16-10/h10-11,13H,1-9H2,(H,14,15)/t10?,11-/m0/s1. The molecule has 0 aromatic carbocycles. The van der Waals surface area contributed by atoms with E-state index in [1.807, 2.05) is 11.8 Å². The zero-order valence-electron chi connectivity index (χ0n) is 9.84. The van der Waals surface area contributed by atoms with Gasteiger partial charge in [0.25, 0.3) is 0 Å². The first-order chi connectivity index (χ1) is 7.86. The van der Waals surface area contributed by atoms with E-state index in [9.17, 15) is 4.79 Å². The predicted molar refractivity (Wildman–Crippen MR) is 68.7 cm³/mol. The SMILES string of the molecule is O=C(NCC1CCCCS1)[C@@H]1CCCCN1. The Morgan fingerprint density at radius 3 is 2.81 bits per heavy atom. The topological polar surface area (TPSA) is 41.1 Å². The molecule has 0 radical (unpaired) electrons. The molecule has 2 fully saturated rings. The largest absolute Gasteiger partial charge is 0.354 e. The lowest BCUT2D eigenvalue weighted by Gasteiger charge is -2.25. The maximum Gasteiger partial charge on any atom is 0.237 e. The molecule has 16 heavy (non-hydrogen) atoms. The van der Waals surface area contributed by atoms with Crippen molar-refractivity contribution >= 4 is 17.7 Å². The van der Waals surface area contributed by atoms with Crippen molar-refractivity contribution in [1.82, 2.24) is 10.6 Å². The highest BCUT2D eigenvalue weighted by Gasteiger charge is 2.21. The van der Waals surface area contributed by atoms with Gasteiger partial charge in [-0.3, -0.25) is 4.79 Å². The van der Waals surface area contributed by atoms with E-state index in [0.717, 1.165) is 19.5 Å². The van der Waals surface area contributed by atoms with Crippen LogP contribution >= 0.6 is 11.8 Å². The second kappa shape index (κ2) is 6.50. The number of piperidine rings is 1. The van der Waals surface area contributed by atoms with Crippen LogP contribution in [0.3, 0.4) is 0 Å². The van der Waals surface area contributed by atoms with Crippen LogP contribution in [-0.2, 0) is 4.79 Å². The van der Waals surface area contributed by atoms with Gasteiger partial charge in [-0.15, -0.1) is 0 Å². The number of nitrogens with one attached hydrogen (secondary N) is 2. The van der Waals surface area contributed by atoms with Gasteiger partial charge in [0, 0.05) is 11.8 Å². The van der Waals surface area contributed by atoms with Gasteiger partial charge < -0.3 is 10.6 Å². The van der Waals surface area contributed by atoms with Crippen molar-refractivity contribution in [2.75, 3.05) is 18.8 Å². The van der Waals surface area contributed by atoms with E-state index in [0.29, 0.717) is 5.25 Å². The van der Waals surface area contributed by atoms with Gasteiger partial charge in [0.15, 0.2) is 0 Å². The number of hydrogen-bond donors (Lipinski definition) is 2. The first-order valence-corrected chi connectivity index (χ1v) is 7.54. The quantitative estimate of drug-likeness (QED) is 0.788. The van der Waals surface area contributed by atoms with Crippen LogP contribution < -0.4 is 10.6 Å². The van der Waals surface area contributed by atoms with Crippen molar-refractivity contribution in [1.29, 1.82) is 0 Å². The van der Waals surface area contributed by atoms with Crippen LogP contribution in [-0.4, -0.2) is 36.0 Å². The van der Waals surface area contributed by atoms with Crippen LogP contribution in [0.5, 0.6) is 0 Å². The Morgan fingerprint density at radius 2 is 2.12 bits per heavy atom. The van der Waals surface area contributed by atoms with Crippen molar-refractivity contribution in [3.63, 3.8) is 0 Å². The summed E-state index contributed by atoms with van der Waals surface area (Å²) in [5.41, 5.74) is 0. The number of amides is 1. The number of carbonyl (C=O) groups excluding carboxylic acids is 1. The molecule has 0 bridgehead atoms. The Labute approximate surface area is 102 Å². The van der Waals surface area contributed by atoms with Crippen LogP contribution in [0.25, 0.3) is 0 Å². The van der Waals surface area contributed by atoms with Crippen molar-refractivity contribution in [2.24, 2.45) is 0 Å². The molecular formula is C12H22N2OS. The van der Waals surface area contributed by atoms with E-state index in [1.165, 1.54) is 37.9 Å². The highest BCUT2D eigenvalue weighted by atomic mass is 32.2. The first-order valence-electron chi connectivity index (χ1n) is 6.49. The molecule has 1 amide bonds. The maximum atomic E-state index is 11.9. The van der Waals surface area contributed by atoms with Gasteiger partial charge in [-0.1, -0.05) is 12.8 Å². The predicted octanol–water partition coefficient (Wildman–Crippen LogP) is 1.53. The normalized spacial score (nSPS) is 31.0. The van der Waals surface area contributed by atoms with Crippen LogP contribution in [0.4, 0.5) is 0 Å². The van der Waals surface area contributed by atoms with Crippen molar-refractivity contribution < 1.29 is 4.79 Å². The third-order valence-electron chi connectivity index (χ3n) is 3.40. The molecule has 0 aromatic rings. The Bertz CT molecular complexity index is 223. The molecule has 2 aliphatic heterocycles. The first kappa shape index (κ1) is 12.2. The maximum absolute atomic E-state index is 11.9. The molecule has 0 spiro atoms. The molecular weight excluding hydrogens is 220 g/mol. The molecule has 3 nitrogen and oxygen atoms in total. The summed E-state index contributed by atoms with van der Waals surface area (Å²) < 4.78 is 0. The molecule has 2 N–H and O–H groups in total. The molecule has 0 saturated carbocycles. The minimum atomic E-state index is 0.0716. The highest BCUT2D eigenvalue weighted by Crippen LogP contribution is 2.24. The van der Waals surface area contributed by atoms with E-state index in [1.54, 1.807) is 0 Å². The van der Waals surface area contributed by atoms with Gasteiger partial charge in [-0.05, 0) is 38.0 Å². The number of rotatable bonds is 3. The van der Waals surface area contributed by atoms with E-state index >= 15 is 0 Å². The minimum Gasteiger partial charge on any atom is -0.354 e. The Balaban J connectivity index is 1.65. The van der Waals surface area contributed by atoms with E-state index < -0.39 is 0 Å². The minimum absolute atomic E-state index is 0.0716. The third kappa shape index (κ3) is 3.67. The molecule has 2 aliphatic rings. The summed E-state index contributed by atoms with van der Waals surface area (Å²) in [7, 11) is 0. The molecule has 0 aliphatic carbocycles. The lowest BCUT2D eigenvalue weighted by molar-refractivity contribution is -0.123. The van der Waals surface area contributed by atoms with E-state index in [2.05, 4.69) is 10.6 Å². The second-order valence-electron chi connectivity index (χ2n) is 4.74. The summed E-state index contributed by atoms with van der Waals surface area (Å²) in [6, 6.07) is 0.0716. The average Bonchev–Trinajstić information content (AvgIpc) is 2.38. The van der Waals surface area contributed by atoms with Crippen molar-refractivity contribution in [3.05, 3.63) is 0 Å². The monoisotopic (exact) mass is 242 g/mol. The van der Waals surface area contributed by atoms with Crippen molar-refractivity contribution in [2.45, 2.75) is 49.8 Å². The average molecular weight is 242 g/mol. The zero-order chi connectivity index (χ0) is 11.2. The fourth-order valence-electron chi connectivity index (χ4n) is 2.38. The van der Waals surface area contributed by atoms with E-state index in [4.69, 9.17) is 0 Å². The van der Waals surface area contributed by atoms with Crippen LogP contribution in [0.2, 0.25) is 0 Å². The second-order valence-corrected chi connectivity index (χ2v) is 6.14.